The van der Waals surface area contributed by atoms with Crippen molar-refractivity contribution in [1.29, 1.82) is 0 Å². The highest BCUT2D eigenvalue weighted by Crippen LogP contribution is 2.34. The third-order valence-corrected chi connectivity index (χ3v) is 5.19. The van der Waals surface area contributed by atoms with Crippen molar-refractivity contribution in [1.82, 2.24) is 15.0 Å². The number of alkyl halides is 3. The van der Waals surface area contributed by atoms with Crippen LogP contribution < -0.4 is 14.5 Å². The van der Waals surface area contributed by atoms with Crippen LogP contribution >= 0.6 is 11.6 Å². The summed E-state index contributed by atoms with van der Waals surface area (Å²) in [5.41, 5.74) is -0.434. The second-order valence-corrected chi connectivity index (χ2v) is 7.11. The van der Waals surface area contributed by atoms with Crippen molar-refractivity contribution in [3.63, 3.8) is 0 Å². The largest absolute Gasteiger partial charge is 0.494 e. The summed E-state index contributed by atoms with van der Waals surface area (Å²) < 4.78 is 57.5. The van der Waals surface area contributed by atoms with Crippen molar-refractivity contribution in [2.45, 2.75) is 6.18 Å². The fraction of sp³-hybridized carbons (Fsp3) is 0.316. The van der Waals surface area contributed by atoms with Gasteiger partial charge < -0.3 is 14.5 Å². The zero-order valence-corrected chi connectivity index (χ0v) is 16.5. The van der Waals surface area contributed by atoms with E-state index >= 15 is 0 Å². The third kappa shape index (κ3) is 3.79. The summed E-state index contributed by atoms with van der Waals surface area (Å²) in [5, 5.41) is 0.598. The highest BCUT2D eigenvalue weighted by Gasteiger charge is 2.32. The van der Waals surface area contributed by atoms with Crippen LogP contribution in [-0.2, 0) is 6.18 Å². The molecule has 3 aromatic rings. The number of piperazine rings is 1. The van der Waals surface area contributed by atoms with Crippen molar-refractivity contribution in [2.75, 3.05) is 43.1 Å². The molecule has 0 amide bonds. The van der Waals surface area contributed by atoms with Gasteiger partial charge in [0.15, 0.2) is 11.6 Å². The number of aromatic nitrogens is 3. The lowest BCUT2D eigenvalue weighted by atomic mass is 10.2. The number of rotatable bonds is 3. The smallest absolute Gasteiger partial charge is 0.417 e. The van der Waals surface area contributed by atoms with Crippen LogP contribution in [0.3, 0.4) is 0 Å². The number of methoxy groups -OCH3 is 1. The topological polar surface area (TPSA) is 54.4 Å². The quantitative estimate of drug-likeness (QED) is 0.569. The van der Waals surface area contributed by atoms with Gasteiger partial charge in [-0.15, -0.1) is 0 Å². The van der Waals surface area contributed by atoms with Gasteiger partial charge in [0.2, 0.25) is 0 Å². The summed E-state index contributed by atoms with van der Waals surface area (Å²) in [6, 6.07) is 3.73. The Kier molecular flexibility index (Phi) is 5.27. The number of benzene rings is 1. The number of hydrogen-bond acceptors (Lipinski definition) is 6. The number of nitrogens with zero attached hydrogens (tertiary/aromatic N) is 5. The molecular weight excluding hydrogens is 426 g/mol. The van der Waals surface area contributed by atoms with E-state index in [4.69, 9.17) is 16.3 Å². The van der Waals surface area contributed by atoms with E-state index in [0.717, 1.165) is 12.3 Å². The fourth-order valence-electron chi connectivity index (χ4n) is 3.40. The van der Waals surface area contributed by atoms with Gasteiger partial charge in [0.25, 0.3) is 0 Å². The number of ether oxygens (including phenoxy) is 1. The van der Waals surface area contributed by atoms with E-state index in [9.17, 15) is 17.6 Å². The van der Waals surface area contributed by atoms with Crippen molar-refractivity contribution >= 4 is 34.1 Å². The van der Waals surface area contributed by atoms with E-state index in [1.165, 1.54) is 19.5 Å². The predicted octanol–water partition coefficient (Wildman–Crippen LogP) is 4.17. The van der Waals surface area contributed by atoms with Gasteiger partial charge >= 0.3 is 6.18 Å². The van der Waals surface area contributed by atoms with Gasteiger partial charge in [0, 0.05) is 43.8 Å². The molecule has 30 heavy (non-hydrogen) atoms. The summed E-state index contributed by atoms with van der Waals surface area (Å²) in [6.07, 6.45) is -2.35. The van der Waals surface area contributed by atoms with Crippen LogP contribution in [0.5, 0.6) is 5.75 Å². The number of fused-ring (bicyclic) bond motifs is 1. The first-order valence-corrected chi connectivity index (χ1v) is 9.36. The van der Waals surface area contributed by atoms with E-state index in [-0.39, 0.29) is 10.8 Å². The van der Waals surface area contributed by atoms with Crippen LogP contribution in [0.2, 0.25) is 5.02 Å². The van der Waals surface area contributed by atoms with Gasteiger partial charge in [-0.1, -0.05) is 11.6 Å². The van der Waals surface area contributed by atoms with Crippen LogP contribution in [0.4, 0.5) is 29.2 Å². The summed E-state index contributed by atoms with van der Waals surface area (Å²) in [5.74, 6) is 0.519. The van der Waals surface area contributed by atoms with Gasteiger partial charge in [-0.2, -0.15) is 13.2 Å². The molecule has 1 fully saturated rings. The Labute approximate surface area is 174 Å². The maximum absolute atomic E-state index is 14.0. The minimum atomic E-state index is -4.50. The molecule has 0 spiro atoms. The highest BCUT2D eigenvalue weighted by molar-refractivity contribution is 6.33. The first-order valence-electron chi connectivity index (χ1n) is 8.99. The molecule has 158 valence electrons. The molecular formula is C19H16ClF4N5O. The van der Waals surface area contributed by atoms with E-state index in [1.807, 2.05) is 9.80 Å². The standard InChI is InChI=1S/C19H16ClF4N5O/c1-30-16-7-12-15(8-14(16)21)26-10-27-17(12)28-2-4-29(5-3-28)18-13(20)6-11(9-25-18)19(22,23)24/h6-10H,2-5H2,1H3. The van der Waals surface area contributed by atoms with Crippen LogP contribution in [0.15, 0.2) is 30.7 Å². The Morgan fingerprint density at radius 3 is 2.23 bits per heavy atom. The Morgan fingerprint density at radius 1 is 0.967 bits per heavy atom. The number of hydrogen-bond donors (Lipinski definition) is 0. The molecule has 1 aliphatic rings. The first-order chi connectivity index (χ1) is 14.3. The molecule has 6 nitrogen and oxygen atoms in total. The molecule has 1 aliphatic heterocycles. The summed E-state index contributed by atoms with van der Waals surface area (Å²) >= 11 is 6.06. The zero-order chi connectivity index (χ0) is 21.5. The molecule has 0 radical (unpaired) electrons. The average Bonchev–Trinajstić information content (AvgIpc) is 2.72. The second-order valence-electron chi connectivity index (χ2n) is 6.70. The molecule has 1 aromatic carbocycles. The van der Waals surface area contributed by atoms with Gasteiger partial charge in [0.1, 0.15) is 18.0 Å². The second kappa shape index (κ2) is 7.75. The lowest BCUT2D eigenvalue weighted by Gasteiger charge is -2.36. The molecule has 2 aromatic heterocycles. The molecule has 1 saturated heterocycles. The lowest BCUT2D eigenvalue weighted by Crippen LogP contribution is -2.47. The van der Waals surface area contributed by atoms with E-state index in [1.54, 1.807) is 6.07 Å². The summed E-state index contributed by atoms with van der Waals surface area (Å²) in [7, 11) is 1.38. The molecule has 0 N–H and O–H groups in total. The molecule has 11 heteroatoms. The first kappa shape index (κ1) is 20.4. The summed E-state index contributed by atoms with van der Waals surface area (Å²) in [6.45, 7) is 1.99. The van der Waals surface area contributed by atoms with Gasteiger partial charge in [-0.25, -0.2) is 19.3 Å². The molecule has 3 heterocycles. The highest BCUT2D eigenvalue weighted by atomic mass is 35.5. The van der Waals surface area contributed by atoms with E-state index in [2.05, 4.69) is 15.0 Å². The number of halogens is 5. The Balaban J connectivity index is 1.56. The normalized spacial score (nSPS) is 15.0. The monoisotopic (exact) mass is 441 g/mol. The van der Waals surface area contributed by atoms with Gasteiger partial charge in [-0.05, 0) is 12.1 Å². The molecule has 0 atom stereocenters. The maximum atomic E-state index is 14.0. The van der Waals surface area contributed by atoms with Crippen molar-refractivity contribution in [3.8, 4) is 5.75 Å². The number of pyridine rings is 1. The Bertz CT molecular complexity index is 1090. The van der Waals surface area contributed by atoms with Crippen molar-refractivity contribution in [2.24, 2.45) is 0 Å². The van der Waals surface area contributed by atoms with E-state index < -0.39 is 17.6 Å². The van der Waals surface area contributed by atoms with E-state index in [0.29, 0.717) is 48.7 Å². The van der Waals surface area contributed by atoms with Gasteiger partial charge in [-0.3, -0.25) is 0 Å². The molecule has 4 rings (SSSR count). The van der Waals surface area contributed by atoms with Crippen molar-refractivity contribution in [3.05, 3.63) is 47.1 Å². The minimum absolute atomic E-state index is 0.0500. The maximum Gasteiger partial charge on any atom is 0.417 e. The SMILES string of the molecule is COc1cc2c(N3CCN(c4ncc(C(F)(F)F)cc4Cl)CC3)ncnc2cc1F. The number of anilines is 2. The predicted molar refractivity (Wildman–Crippen MR) is 105 cm³/mol. The van der Waals surface area contributed by atoms with Crippen LogP contribution in [0, 0.1) is 5.82 Å². The zero-order valence-electron chi connectivity index (χ0n) is 15.7. The summed E-state index contributed by atoms with van der Waals surface area (Å²) in [4.78, 5) is 16.2. The van der Waals surface area contributed by atoms with Crippen molar-refractivity contribution < 1.29 is 22.3 Å². The molecule has 0 unspecified atom stereocenters. The average molecular weight is 442 g/mol. The van der Waals surface area contributed by atoms with Crippen LogP contribution in [-0.4, -0.2) is 48.2 Å². The molecule has 0 aliphatic carbocycles. The van der Waals surface area contributed by atoms with Gasteiger partial charge in [0.05, 0.1) is 23.2 Å². The molecule has 0 bridgehead atoms. The Hall–Kier alpha value is -2.88. The fourth-order valence-corrected chi connectivity index (χ4v) is 3.69. The molecule has 0 saturated carbocycles. The van der Waals surface area contributed by atoms with Crippen LogP contribution in [0.1, 0.15) is 5.56 Å². The Morgan fingerprint density at radius 2 is 1.63 bits per heavy atom. The van der Waals surface area contributed by atoms with Crippen LogP contribution in [0.25, 0.3) is 10.9 Å². The lowest BCUT2D eigenvalue weighted by molar-refractivity contribution is -0.137. The minimum Gasteiger partial charge on any atom is -0.494 e. The third-order valence-electron chi connectivity index (χ3n) is 4.92.